The molecule has 0 atom stereocenters. The Kier molecular flexibility index (Phi) is 8.07. The molecule has 2 aromatic carbocycles. The molecule has 0 N–H and O–H groups in total. The maximum Gasteiger partial charge on any atom is 0.416 e. The second kappa shape index (κ2) is 11.5. The third-order valence-corrected chi connectivity index (χ3v) is 8.12. The Labute approximate surface area is 221 Å². The summed E-state index contributed by atoms with van der Waals surface area (Å²) in [6, 6.07) is 9.97. The first-order valence-electron chi connectivity index (χ1n) is 13.8. The quantitative estimate of drug-likeness (QED) is 0.218. The molecule has 0 saturated carbocycles. The standard InChI is InChI=1S/C30H35F4N3O/c31-24-8-10-25(11-9-24)37-21-27(26-20-23(30(32,33)34)7-12-28(26)37)22-13-18-35(19-14-22)15-3-1-2-4-16-36-17-5-6-29(36)38/h7-12,20-22H,1-6,13-19H2. The molecule has 4 nitrogen and oxygen atoms in total. The van der Waals surface area contributed by atoms with Crippen LogP contribution in [0.1, 0.15) is 68.4 Å². The van der Waals surface area contributed by atoms with Crippen LogP contribution in [0.2, 0.25) is 0 Å². The molecular weight excluding hydrogens is 494 g/mol. The van der Waals surface area contributed by atoms with Crippen molar-refractivity contribution >= 4 is 16.8 Å². The Morgan fingerprint density at radius 1 is 0.868 bits per heavy atom. The van der Waals surface area contributed by atoms with Crippen molar-refractivity contribution in [2.45, 2.75) is 63.5 Å². The number of amides is 1. The van der Waals surface area contributed by atoms with Crippen LogP contribution in [0.5, 0.6) is 0 Å². The van der Waals surface area contributed by atoms with Crippen LogP contribution in [-0.2, 0) is 11.0 Å². The van der Waals surface area contributed by atoms with Gasteiger partial charge in [-0.1, -0.05) is 12.8 Å². The maximum absolute atomic E-state index is 13.5. The topological polar surface area (TPSA) is 28.5 Å². The van der Waals surface area contributed by atoms with Gasteiger partial charge in [0.1, 0.15) is 5.82 Å². The van der Waals surface area contributed by atoms with E-state index in [-0.39, 0.29) is 11.7 Å². The SMILES string of the molecule is O=C1CCCN1CCCCCCN1CCC(c2cn(-c3ccc(F)cc3)c3ccc(C(F)(F)F)cc23)CC1. The van der Waals surface area contributed by atoms with Crippen molar-refractivity contribution in [1.82, 2.24) is 14.4 Å². The number of carbonyl (C=O) groups excluding carboxylic acids is 1. The highest BCUT2D eigenvalue weighted by Crippen LogP contribution is 2.39. The van der Waals surface area contributed by atoms with E-state index in [2.05, 4.69) is 4.90 Å². The molecule has 2 saturated heterocycles. The predicted molar refractivity (Wildman–Crippen MR) is 141 cm³/mol. The second-order valence-electron chi connectivity index (χ2n) is 10.7. The lowest BCUT2D eigenvalue weighted by Crippen LogP contribution is -2.33. The van der Waals surface area contributed by atoms with Crippen molar-refractivity contribution in [2.75, 3.05) is 32.7 Å². The smallest absolute Gasteiger partial charge is 0.343 e. The number of fused-ring (bicyclic) bond motifs is 1. The number of aromatic nitrogens is 1. The Morgan fingerprint density at radius 3 is 2.24 bits per heavy atom. The van der Waals surface area contributed by atoms with Crippen LogP contribution in [0, 0.1) is 5.82 Å². The summed E-state index contributed by atoms with van der Waals surface area (Å²) in [7, 11) is 0. The molecule has 0 unspecified atom stereocenters. The van der Waals surface area contributed by atoms with Gasteiger partial charge >= 0.3 is 6.18 Å². The van der Waals surface area contributed by atoms with E-state index >= 15 is 0 Å². The van der Waals surface area contributed by atoms with E-state index in [1.54, 1.807) is 12.1 Å². The van der Waals surface area contributed by atoms with Gasteiger partial charge in [0, 0.05) is 36.8 Å². The molecule has 5 rings (SSSR count). The van der Waals surface area contributed by atoms with Crippen molar-refractivity contribution in [2.24, 2.45) is 0 Å². The summed E-state index contributed by atoms with van der Waals surface area (Å²) in [5.74, 6) is 0.124. The average Bonchev–Trinajstić information content (AvgIpc) is 3.49. The van der Waals surface area contributed by atoms with Gasteiger partial charge in [-0.25, -0.2) is 4.39 Å². The van der Waals surface area contributed by atoms with E-state index < -0.39 is 11.7 Å². The van der Waals surface area contributed by atoms with Crippen molar-refractivity contribution in [1.29, 1.82) is 0 Å². The summed E-state index contributed by atoms with van der Waals surface area (Å²) in [5, 5.41) is 0.624. The van der Waals surface area contributed by atoms with Crippen molar-refractivity contribution in [3.63, 3.8) is 0 Å². The van der Waals surface area contributed by atoms with Gasteiger partial charge in [0.2, 0.25) is 5.91 Å². The summed E-state index contributed by atoms with van der Waals surface area (Å²) in [4.78, 5) is 16.1. The first-order chi connectivity index (χ1) is 18.3. The number of alkyl halides is 3. The molecule has 0 bridgehead atoms. The zero-order chi connectivity index (χ0) is 26.7. The van der Waals surface area contributed by atoms with E-state index in [4.69, 9.17) is 0 Å². The van der Waals surface area contributed by atoms with Crippen molar-refractivity contribution in [3.05, 3.63) is 65.6 Å². The molecule has 2 fully saturated rings. The zero-order valence-electron chi connectivity index (χ0n) is 21.7. The molecule has 1 aromatic heterocycles. The van der Waals surface area contributed by atoms with Crippen molar-refractivity contribution in [3.8, 4) is 5.69 Å². The number of piperidine rings is 1. The number of benzene rings is 2. The number of carbonyl (C=O) groups is 1. The average molecular weight is 530 g/mol. The van der Waals surface area contributed by atoms with Gasteiger partial charge in [0.15, 0.2) is 0 Å². The number of hydrogen-bond donors (Lipinski definition) is 0. The fourth-order valence-corrected chi connectivity index (χ4v) is 5.97. The van der Waals surface area contributed by atoms with Crippen LogP contribution < -0.4 is 0 Å². The molecule has 0 spiro atoms. The summed E-state index contributed by atoms with van der Waals surface area (Å²) in [6.07, 6.45) is 5.49. The molecule has 38 heavy (non-hydrogen) atoms. The molecule has 2 aliphatic heterocycles. The zero-order valence-corrected chi connectivity index (χ0v) is 21.7. The van der Waals surface area contributed by atoms with Crippen molar-refractivity contribution < 1.29 is 22.4 Å². The number of halogens is 4. The monoisotopic (exact) mass is 529 g/mol. The van der Waals surface area contributed by atoms with E-state index in [1.807, 2.05) is 15.7 Å². The maximum atomic E-state index is 13.5. The Balaban J connectivity index is 1.21. The summed E-state index contributed by atoms with van der Waals surface area (Å²) in [6.45, 7) is 4.68. The highest BCUT2D eigenvalue weighted by Gasteiger charge is 2.32. The summed E-state index contributed by atoms with van der Waals surface area (Å²) in [5.41, 5.74) is 1.73. The molecule has 3 heterocycles. The molecule has 204 valence electrons. The Morgan fingerprint density at radius 2 is 1.58 bits per heavy atom. The molecule has 8 heteroatoms. The van der Waals surface area contributed by atoms with Gasteiger partial charge < -0.3 is 14.4 Å². The summed E-state index contributed by atoms with van der Waals surface area (Å²) < 4.78 is 56.0. The largest absolute Gasteiger partial charge is 0.416 e. The molecule has 3 aromatic rings. The summed E-state index contributed by atoms with van der Waals surface area (Å²) >= 11 is 0. The minimum absolute atomic E-state index is 0.178. The first kappa shape index (κ1) is 26.7. The second-order valence-corrected chi connectivity index (χ2v) is 10.7. The third-order valence-electron chi connectivity index (χ3n) is 8.12. The number of nitrogens with zero attached hydrogens (tertiary/aromatic N) is 3. The predicted octanol–water partition coefficient (Wildman–Crippen LogP) is 7.15. The lowest BCUT2D eigenvalue weighted by Gasteiger charge is -2.32. The minimum atomic E-state index is -4.41. The Bertz CT molecular complexity index is 1240. The molecule has 0 aliphatic carbocycles. The number of hydrogen-bond acceptors (Lipinski definition) is 2. The van der Waals surface area contributed by atoms with E-state index in [9.17, 15) is 22.4 Å². The van der Waals surface area contributed by atoms with E-state index in [0.29, 0.717) is 23.2 Å². The highest BCUT2D eigenvalue weighted by atomic mass is 19.4. The Hall–Kier alpha value is -2.87. The van der Waals surface area contributed by atoms with Crippen LogP contribution in [0.4, 0.5) is 17.6 Å². The highest BCUT2D eigenvalue weighted by molar-refractivity contribution is 5.87. The molecular formula is C30H35F4N3O. The third kappa shape index (κ3) is 6.06. The fourth-order valence-electron chi connectivity index (χ4n) is 5.97. The lowest BCUT2D eigenvalue weighted by atomic mass is 9.88. The number of rotatable bonds is 9. The van der Waals surface area contributed by atoms with Crippen LogP contribution in [-0.4, -0.2) is 53.0 Å². The van der Waals surface area contributed by atoms with Gasteiger partial charge in [-0.3, -0.25) is 4.79 Å². The van der Waals surface area contributed by atoms with Gasteiger partial charge in [0.05, 0.1) is 11.1 Å². The van der Waals surface area contributed by atoms with Crippen LogP contribution in [0.3, 0.4) is 0 Å². The van der Waals surface area contributed by atoms with Crippen LogP contribution >= 0.6 is 0 Å². The van der Waals surface area contributed by atoms with Gasteiger partial charge in [-0.2, -0.15) is 13.2 Å². The van der Waals surface area contributed by atoms with Gasteiger partial charge in [-0.15, -0.1) is 0 Å². The molecule has 0 radical (unpaired) electrons. The van der Waals surface area contributed by atoms with E-state index in [1.165, 1.54) is 24.3 Å². The van der Waals surface area contributed by atoms with E-state index in [0.717, 1.165) is 95.0 Å². The minimum Gasteiger partial charge on any atom is -0.343 e. The molecule has 2 aliphatic rings. The normalized spacial score (nSPS) is 17.7. The molecule has 1 amide bonds. The van der Waals surface area contributed by atoms with Crippen LogP contribution in [0.15, 0.2) is 48.7 Å². The first-order valence-corrected chi connectivity index (χ1v) is 13.8. The van der Waals surface area contributed by atoms with Gasteiger partial charge in [0.25, 0.3) is 0 Å². The number of likely N-dealkylation sites (tertiary alicyclic amines) is 2. The van der Waals surface area contributed by atoms with Crippen LogP contribution in [0.25, 0.3) is 16.6 Å². The number of unbranched alkanes of at least 4 members (excludes halogenated alkanes) is 3. The fraction of sp³-hybridized carbons (Fsp3) is 0.500. The van der Waals surface area contributed by atoms with Gasteiger partial charge in [-0.05, 0) is 106 Å². The lowest BCUT2D eigenvalue weighted by molar-refractivity contribution is -0.137.